The number of anilines is 1. The van der Waals surface area contributed by atoms with Crippen molar-refractivity contribution in [3.05, 3.63) is 34.4 Å². The average Bonchev–Trinajstić information content (AvgIpc) is 2.45. The molecular weight excluding hydrogens is 240 g/mol. The van der Waals surface area contributed by atoms with Gasteiger partial charge in [0, 0.05) is 30.4 Å². The molecule has 2 rings (SSSR count). The van der Waals surface area contributed by atoms with Crippen LogP contribution in [0, 0.1) is 10.1 Å². The number of benzene rings is 1. The number of nitro benzene ring substituents is 1. The lowest BCUT2D eigenvalue weighted by Gasteiger charge is -2.37. The second-order valence-electron chi connectivity index (χ2n) is 5.26. The van der Waals surface area contributed by atoms with Crippen LogP contribution in [0.3, 0.4) is 0 Å². The molecule has 0 radical (unpaired) electrons. The number of unbranched alkanes of at least 4 members (excludes halogenated alkanes) is 1. The second-order valence-corrected chi connectivity index (χ2v) is 5.26. The normalized spacial score (nSPS) is 19.4. The van der Waals surface area contributed by atoms with Crippen molar-refractivity contribution in [3.8, 4) is 0 Å². The first-order valence-electron chi connectivity index (χ1n) is 7.23. The molecule has 1 heterocycles. The zero-order valence-corrected chi connectivity index (χ0v) is 11.5. The highest BCUT2D eigenvalue weighted by atomic mass is 16.6. The molecule has 0 amide bonds. The van der Waals surface area contributed by atoms with Crippen molar-refractivity contribution in [2.24, 2.45) is 0 Å². The molecule has 19 heavy (non-hydrogen) atoms. The molecule has 1 aliphatic rings. The highest BCUT2D eigenvalue weighted by Gasteiger charge is 2.22. The standard InChI is InChI=1S/C15H22N2O2/c1-2-3-6-13-7-4-5-12-16(13)14-8-10-15(11-9-14)17(18)19/h8-11,13H,2-7,12H2,1H3. The quantitative estimate of drug-likeness (QED) is 0.591. The Kier molecular flexibility index (Phi) is 4.77. The molecule has 0 bridgehead atoms. The van der Waals surface area contributed by atoms with Gasteiger partial charge in [-0.25, -0.2) is 0 Å². The number of hydrogen-bond donors (Lipinski definition) is 0. The van der Waals surface area contributed by atoms with Crippen molar-refractivity contribution in [1.29, 1.82) is 0 Å². The monoisotopic (exact) mass is 262 g/mol. The van der Waals surface area contributed by atoms with Gasteiger partial charge in [0.15, 0.2) is 0 Å². The van der Waals surface area contributed by atoms with Crippen LogP contribution in [0.25, 0.3) is 0 Å². The lowest BCUT2D eigenvalue weighted by molar-refractivity contribution is -0.384. The summed E-state index contributed by atoms with van der Waals surface area (Å²) in [5, 5.41) is 10.7. The smallest absolute Gasteiger partial charge is 0.269 e. The van der Waals surface area contributed by atoms with Gasteiger partial charge in [0.1, 0.15) is 0 Å². The maximum absolute atomic E-state index is 10.7. The minimum absolute atomic E-state index is 0.172. The lowest BCUT2D eigenvalue weighted by Crippen LogP contribution is -2.39. The summed E-state index contributed by atoms with van der Waals surface area (Å²) in [5.74, 6) is 0. The fourth-order valence-corrected chi connectivity index (χ4v) is 2.85. The van der Waals surface area contributed by atoms with Gasteiger partial charge in [0.2, 0.25) is 0 Å². The maximum Gasteiger partial charge on any atom is 0.269 e. The number of hydrogen-bond acceptors (Lipinski definition) is 3. The lowest BCUT2D eigenvalue weighted by atomic mass is 9.96. The summed E-state index contributed by atoms with van der Waals surface area (Å²) in [6.45, 7) is 3.30. The molecule has 1 atom stereocenters. The SMILES string of the molecule is CCCCC1CCCCN1c1ccc([N+](=O)[O-])cc1. The third-order valence-corrected chi connectivity index (χ3v) is 3.91. The van der Waals surface area contributed by atoms with Gasteiger partial charge in [0.05, 0.1) is 4.92 Å². The Labute approximate surface area is 114 Å². The third kappa shape index (κ3) is 3.46. The van der Waals surface area contributed by atoms with E-state index in [4.69, 9.17) is 0 Å². The van der Waals surface area contributed by atoms with Crippen molar-refractivity contribution in [1.82, 2.24) is 0 Å². The van der Waals surface area contributed by atoms with Gasteiger partial charge in [-0.2, -0.15) is 0 Å². The number of nitro groups is 1. The second kappa shape index (κ2) is 6.55. The average molecular weight is 262 g/mol. The van der Waals surface area contributed by atoms with Crippen molar-refractivity contribution in [2.45, 2.75) is 51.5 Å². The van der Waals surface area contributed by atoms with Gasteiger partial charge >= 0.3 is 0 Å². The van der Waals surface area contributed by atoms with Crippen molar-refractivity contribution >= 4 is 11.4 Å². The molecule has 0 saturated carbocycles. The van der Waals surface area contributed by atoms with E-state index in [1.165, 1.54) is 38.5 Å². The van der Waals surface area contributed by atoms with Gasteiger partial charge in [-0.15, -0.1) is 0 Å². The fourth-order valence-electron chi connectivity index (χ4n) is 2.85. The van der Waals surface area contributed by atoms with E-state index in [9.17, 15) is 10.1 Å². The molecule has 104 valence electrons. The predicted molar refractivity (Wildman–Crippen MR) is 77.6 cm³/mol. The van der Waals surface area contributed by atoms with E-state index in [0.717, 1.165) is 12.2 Å². The van der Waals surface area contributed by atoms with Gasteiger partial charge in [0.25, 0.3) is 5.69 Å². The molecule has 4 heteroatoms. The molecular formula is C15H22N2O2. The maximum atomic E-state index is 10.7. The van der Waals surface area contributed by atoms with Gasteiger partial charge < -0.3 is 4.90 Å². The molecule has 1 unspecified atom stereocenters. The Morgan fingerprint density at radius 1 is 1.32 bits per heavy atom. The summed E-state index contributed by atoms with van der Waals surface area (Å²) < 4.78 is 0. The first kappa shape index (κ1) is 13.8. The van der Waals surface area contributed by atoms with Crippen molar-refractivity contribution in [2.75, 3.05) is 11.4 Å². The number of piperidine rings is 1. The van der Waals surface area contributed by atoms with Crippen LogP contribution in [-0.4, -0.2) is 17.5 Å². The minimum Gasteiger partial charge on any atom is -0.369 e. The zero-order valence-electron chi connectivity index (χ0n) is 11.5. The summed E-state index contributed by atoms with van der Waals surface area (Å²) in [6.07, 6.45) is 7.49. The molecule has 0 aliphatic carbocycles. The minimum atomic E-state index is -0.339. The highest BCUT2D eigenvalue weighted by molar-refractivity contribution is 5.51. The van der Waals surface area contributed by atoms with E-state index in [-0.39, 0.29) is 10.6 Å². The van der Waals surface area contributed by atoms with Crippen LogP contribution < -0.4 is 4.90 Å². The van der Waals surface area contributed by atoms with Crippen LogP contribution >= 0.6 is 0 Å². The van der Waals surface area contributed by atoms with Crippen LogP contribution in [0.15, 0.2) is 24.3 Å². The van der Waals surface area contributed by atoms with Crippen LogP contribution in [0.2, 0.25) is 0 Å². The summed E-state index contributed by atoms with van der Waals surface area (Å²) in [5.41, 5.74) is 1.30. The van der Waals surface area contributed by atoms with Crippen molar-refractivity contribution in [3.63, 3.8) is 0 Å². The Morgan fingerprint density at radius 3 is 2.68 bits per heavy atom. The molecule has 0 N–H and O–H groups in total. The largest absolute Gasteiger partial charge is 0.369 e. The summed E-state index contributed by atoms with van der Waals surface area (Å²) in [6, 6.07) is 7.61. The van der Waals surface area contributed by atoms with Gasteiger partial charge in [-0.05, 0) is 37.8 Å². The van der Waals surface area contributed by atoms with E-state index < -0.39 is 0 Å². The summed E-state index contributed by atoms with van der Waals surface area (Å²) >= 11 is 0. The molecule has 1 aromatic rings. The van der Waals surface area contributed by atoms with Crippen LogP contribution in [0.1, 0.15) is 45.4 Å². The highest BCUT2D eigenvalue weighted by Crippen LogP contribution is 2.28. The molecule has 4 nitrogen and oxygen atoms in total. The Balaban J connectivity index is 2.10. The summed E-state index contributed by atoms with van der Waals surface area (Å²) in [4.78, 5) is 12.8. The molecule has 1 aliphatic heterocycles. The van der Waals surface area contributed by atoms with Crippen LogP contribution in [0.5, 0.6) is 0 Å². The predicted octanol–water partition coefficient (Wildman–Crippen LogP) is 4.14. The summed E-state index contributed by atoms with van der Waals surface area (Å²) in [7, 11) is 0. The first-order chi connectivity index (χ1) is 9.22. The Morgan fingerprint density at radius 2 is 2.05 bits per heavy atom. The Bertz CT molecular complexity index is 417. The zero-order chi connectivity index (χ0) is 13.7. The van der Waals surface area contributed by atoms with Crippen LogP contribution in [0.4, 0.5) is 11.4 Å². The first-order valence-corrected chi connectivity index (χ1v) is 7.23. The molecule has 1 saturated heterocycles. The van der Waals surface area contributed by atoms with E-state index in [0.29, 0.717) is 6.04 Å². The van der Waals surface area contributed by atoms with E-state index in [2.05, 4.69) is 11.8 Å². The fraction of sp³-hybridized carbons (Fsp3) is 0.600. The number of non-ortho nitro benzene ring substituents is 1. The van der Waals surface area contributed by atoms with E-state index in [1.54, 1.807) is 12.1 Å². The molecule has 0 aromatic heterocycles. The van der Waals surface area contributed by atoms with E-state index >= 15 is 0 Å². The van der Waals surface area contributed by atoms with Gasteiger partial charge in [-0.3, -0.25) is 10.1 Å². The van der Waals surface area contributed by atoms with Gasteiger partial charge in [-0.1, -0.05) is 19.8 Å². The number of rotatable bonds is 5. The van der Waals surface area contributed by atoms with E-state index in [1.807, 2.05) is 12.1 Å². The van der Waals surface area contributed by atoms with Crippen molar-refractivity contribution < 1.29 is 4.92 Å². The third-order valence-electron chi connectivity index (χ3n) is 3.91. The Hall–Kier alpha value is -1.58. The topological polar surface area (TPSA) is 46.4 Å². The number of nitrogens with zero attached hydrogens (tertiary/aromatic N) is 2. The molecule has 0 spiro atoms. The van der Waals surface area contributed by atoms with Crippen LogP contribution in [-0.2, 0) is 0 Å². The molecule has 1 fully saturated rings. The molecule has 1 aromatic carbocycles.